The standard InChI is InChI=1S/C15H18BrClO2/c1-14(2)8-10(15(3,4)19-14)13(18)9-5-6-11(16)12(17)7-9/h5-7,10H,8H2,1-4H3. The second-order valence-corrected chi connectivity index (χ2v) is 7.48. The van der Waals surface area contributed by atoms with E-state index in [1.165, 1.54) is 0 Å². The van der Waals surface area contributed by atoms with E-state index in [9.17, 15) is 4.79 Å². The summed E-state index contributed by atoms with van der Waals surface area (Å²) >= 11 is 9.40. The molecule has 1 aliphatic rings. The first-order valence-electron chi connectivity index (χ1n) is 6.32. The summed E-state index contributed by atoms with van der Waals surface area (Å²) in [4.78, 5) is 12.7. The number of ether oxygens (including phenoxy) is 1. The third-order valence-electron chi connectivity index (χ3n) is 3.59. The fraction of sp³-hybridized carbons (Fsp3) is 0.533. The Bertz CT molecular complexity index is 523. The number of carbonyl (C=O) groups is 1. The van der Waals surface area contributed by atoms with Gasteiger partial charge in [0.05, 0.1) is 22.1 Å². The summed E-state index contributed by atoms with van der Waals surface area (Å²) in [5, 5.41) is 0.557. The van der Waals surface area contributed by atoms with Gasteiger partial charge in [0.1, 0.15) is 0 Å². The smallest absolute Gasteiger partial charge is 0.168 e. The van der Waals surface area contributed by atoms with Crippen molar-refractivity contribution >= 4 is 33.3 Å². The topological polar surface area (TPSA) is 26.3 Å². The molecule has 0 radical (unpaired) electrons. The maximum atomic E-state index is 12.7. The zero-order chi connectivity index (χ0) is 14.4. The fourth-order valence-electron chi connectivity index (χ4n) is 2.82. The SMILES string of the molecule is CC1(C)CC(C(=O)c2ccc(Br)c(Cl)c2)C(C)(C)O1. The lowest BCUT2D eigenvalue weighted by Crippen LogP contribution is -2.33. The molecular formula is C15H18BrClO2. The molecule has 0 spiro atoms. The average molecular weight is 346 g/mol. The molecule has 0 saturated carbocycles. The van der Waals surface area contributed by atoms with Crippen molar-refractivity contribution in [2.24, 2.45) is 5.92 Å². The van der Waals surface area contributed by atoms with Crippen LogP contribution in [0.2, 0.25) is 5.02 Å². The minimum Gasteiger partial charge on any atom is -0.369 e. The Kier molecular flexibility index (Phi) is 3.85. The highest BCUT2D eigenvalue weighted by atomic mass is 79.9. The molecule has 1 aromatic rings. The predicted molar refractivity (Wildman–Crippen MR) is 80.8 cm³/mol. The van der Waals surface area contributed by atoms with Crippen LogP contribution >= 0.6 is 27.5 Å². The lowest BCUT2D eigenvalue weighted by Gasteiger charge is -2.26. The summed E-state index contributed by atoms with van der Waals surface area (Å²) in [6.45, 7) is 8.00. The van der Waals surface area contributed by atoms with Gasteiger partial charge in [0, 0.05) is 10.0 Å². The summed E-state index contributed by atoms with van der Waals surface area (Å²) < 4.78 is 6.78. The average Bonchev–Trinajstić information content (AvgIpc) is 2.49. The molecule has 1 saturated heterocycles. The quantitative estimate of drug-likeness (QED) is 0.714. The Hall–Kier alpha value is -0.380. The fourth-order valence-corrected chi connectivity index (χ4v) is 3.25. The van der Waals surface area contributed by atoms with Gasteiger partial charge in [-0.3, -0.25) is 4.79 Å². The van der Waals surface area contributed by atoms with Crippen molar-refractivity contribution < 1.29 is 9.53 Å². The zero-order valence-electron chi connectivity index (χ0n) is 11.6. The van der Waals surface area contributed by atoms with Crippen molar-refractivity contribution in [3.05, 3.63) is 33.3 Å². The molecule has 1 atom stereocenters. The molecule has 1 heterocycles. The maximum Gasteiger partial charge on any atom is 0.168 e. The Morgan fingerprint density at radius 2 is 2.00 bits per heavy atom. The molecule has 2 rings (SSSR count). The van der Waals surface area contributed by atoms with Gasteiger partial charge in [0.25, 0.3) is 0 Å². The Morgan fingerprint density at radius 1 is 1.37 bits per heavy atom. The predicted octanol–water partition coefficient (Wildman–Crippen LogP) is 4.88. The van der Waals surface area contributed by atoms with E-state index < -0.39 is 5.60 Å². The van der Waals surface area contributed by atoms with Gasteiger partial charge in [0.15, 0.2) is 5.78 Å². The second-order valence-electron chi connectivity index (χ2n) is 6.22. The highest BCUT2D eigenvalue weighted by molar-refractivity contribution is 9.10. The van der Waals surface area contributed by atoms with Gasteiger partial charge < -0.3 is 4.74 Å². The van der Waals surface area contributed by atoms with E-state index in [0.29, 0.717) is 10.6 Å². The molecular weight excluding hydrogens is 328 g/mol. The van der Waals surface area contributed by atoms with E-state index in [1.807, 2.05) is 33.8 Å². The van der Waals surface area contributed by atoms with Gasteiger partial charge in [-0.15, -0.1) is 0 Å². The first kappa shape index (κ1) is 15.0. The second kappa shape index (κ2) is 4.87. The first-order valence-corrected chi connectivity index (χ1v) is 7.49. The molecule has 0 bridgehead atoms. The number of hydrogen-bond donors (Lipinski definition) is 0. The third kappa shape index (κ3) is 3.04. The molecule has 0 amide bonds. The van der Waals surface area contributed by atoms with E-state index in [2.05, 4.69) is 15.9 Å². The van der Waals surface area contributed by atoms with Gasteiger partial charge in [-0.25, -0.2) is 0 Å². The summed E-state index contributed by atoms with van der Waals surface area (Å²) in [6.07, 6.45) is 0.729. The van der Waals surface area contributed by atoms with Crippen LogP contribution < -0.4 is 0 Å². The molecule has 1 aromatic carbocycles. The molecule has 1 unspecified atom stereocenters. The molecule has 1 fully saturated rings. The third-order valence-corrected chi connectivity index (χ3v) is 4.83. The highest BCUT2D eigenvalue weighted by Crippen LogP contribution is 2.43. The van der Waals surface area contributed by atoms with Crippen molar-refractivity contribution in [2.45, 2.75) is 45.3 Å². The maximum absolute atomic E-state index is 12.7. The summed E-state index contributed by atoms with van der Waals surface area (Å²) in [6, 6.07) is 5.33. The van der Waals surface area contributed by atoms with Gasteiger partial charge >= 0.3 is 0 Å². The van der Waals surface area contributed by atoms with Crippen LogP contribution in [0.5, 0.6) is 0 Å². The molecule has 0 N–H and O–H groups in total. The minimum atomic E-state index is -0.444. The molecule has 19 heavy (non-hydrogen) atoms. The number of rotatable bonds is 2. The Morgan fingerprint density at radius 3 is 2.47 bits per heavy atom. The van der Waals surface area contributed by atoms with Crippen molar-refractivity contribution in [3.8, 4) is 0 Å². The lowest BCUT2D eigenvalue weighted by atomic mass is 9.82. The van der Waals surface area contributed by atoms with Gasteiger partial charge in [-0.05, 0) is 62.2 Å². The van der Waals surface area contributed by atoms with Crippen molar-refractivity contribution in [2.75, 3.05) is 0 Å². The summed E-state index contributed by atoms with van der Waals surface area (Å²) in [5.41, 5.74) is -0.0593. The van der Waals surface area contributed by atoms with Crippen LogP contribution in [0.1, 0.15) is 44.5 Å². The summed E-state index contributed by atoms with van der Waals surface area (Å²) in [7, 11) is 0. The van der Waals surface area contributed by atoms with Crippen LogP contribution in [-0.2, 0) is 4.74 Å². The van der Waals surface area contributed by atoms with Crippen LogP contribution in [0.15, 0.2) is 22.7 Å². The van der Waals surface area contributed by atoms with Crippen molar-refractivity contribution in [1.29, 1.82) is 0 Å². The van der Waals surface area contributed by atoms with Gasteiger partial charge in [-0.1, -0.05) is 17.7 Å². The minimum absolute atomic E-state index is 0.102. The number of hydrogen-bond acceptors (Lipinski definition) is 2. The number of benzene rings is 1. The van der Waals surface area contributed by atoms with Crippen LogP contribution in [0, 0.1) is 5.92 Å². The van der Waals surface area contributed by atoms with E-state index >= 15 is 0 Å². The molecule has 104 valence electrons. The van der Waals surface area contributed by atoms with E-state index in [1.54, 1.807) is 12.1 Å². The number of ketones is 1. The normalized spacial score (nSPS) is 24.4. The number of halogens is 2. The molecule has 0 aromatic heterocycles. The van der Waals surface area contributed by atoms with Crippen LogP contribution in [0.4, 0.5) is 0 Å². The van der Waals surface area contributed by atoms with E-state index in [-0.39, 0.29) is 17.3 Å². The van der Waals surface area contributed by atoms with E-state index in [4.69, 9.17) is 16.3 Å². The van der Waals surface area contributed by atoms with Crippen molar-refractivity contribution in [3.63, 3.8) is 0 Å². The molecule has 2 nitrogen and oxygen atoms in total. The highest BCUT2D eigenvalue weighted by Gasteiger charge is 2.49. The first-order chi connectivity index (χ1) is 8.62. The summed E-state index contributed by atoms with van der Waals surface area (Å²) in [5.74, 6) is -0.0373. The van der Waals surface area contributed by atoms with Crippen LogP contribution in [0.3, 0.4) is 0 Å². The lowest BCUT2D eigenvalue weighted by molar-refractivity contribution is -0.0712. The molecule has 0 aliphatic carbocycles. The molecule has 1 aliphatic heterocycles. The van der Waals surface area contributed by atoms with Gasteiger partial charge in [0.2, 0.25) is 0 Å². The number of carbonyl (C=O) groups excluding carboxylic acids is 1. The Balaban J connectivity index is 2.31. The monoisotopic (exact) mass is 344 g/mol. The Labute approximate surface area is 127 Å². The number of Topliss-reactive ketones (excluding diaryl/α,β-unsaturated/α-hetero) is 1. The zero-order valence-corrected chi connectivity index (χ0v) is 13.9. The largest absolute Gasteiger partial charge is 0.369 e. The van der Waals surface area contributed by atoms with Crippen LogP contribution in [0.25, 0.3) is 0 Å². The van der Waals surface area contributed by atoms with Crippen LogP contribution in [-0.4, -0.2) is 17.0 Å². The molecule has 4 heteroatoms. The van der Waals surface area contributed by atoms with Crippen molar-refractivity contribution in [1.82, 2.24) is 0 Å². The van der Waals surface area contributed by atoms with E-state index in [0.717, 1.165) is 10.9 Å². The van der Waals surface area contributed by atoms with Gasteiger partial charge in [-0.2, -0.15) is 0 Å².